The van der Waals surface area contributed by atoms with Gasteiger partial charge in [0.15, 0.2) is 0 Å². The van der Waals surface area contributed by atoms with E-state index in [4.69, 9.17) is 0 Å². The van der Waals surface area contributed by atoms with Gasteiger partial charge in [-0.15, -0.1) is 0 Å². The Hall–Kier alpha value is -0.160. The number of likely N-dealkylation sites (tertiary alicyclic amines) is 4. The van der Waals surface area contributed by atoms with E-state index < -0.39 is 0 Å². The minimum atomic E-state index is 1.32. The summed E-state index contributed by atoms with van der Waals surface area (Å²) in [5.74, 6) is 0. The van der Waals surface area contributed by atoms with Crippen molar-refractivity contribution in [1.82, 2.24) is 19.6 Å². The molecule has 4 rings (SSSR count). The highest BCUT2D eigenvalue weighted by atomic mass is 15.2. The normalized spacial score (nSPS) is 26.6. The monoisotopic (exact) mass is 392 g/mol. The Labute approximate surface area is 175 Å². The minimum absolute atomic E-state index is 1.32. The number of hydrogen-bond acceptors (Lipinski definition) is 4. The largest absolute Gasteiger partial charge is 0.302 e. The summed E-state index contributed by atoms with van der Waals surface area (Å²) in [5.41, 5.74) is 0. The second-order valence-electron chi connectivity index (χ2n) is 9.61. The average Bonchev–Trinajstić information content (AvgIpc) is 2.80. The molecule has 0 atom stereocenters. The Bertz CT molecular complexity index is 293. The van der Waals surface area contributed by atoms with E-state index in [-0.39, 0.29) is 0 Å². The first-order valence-electron chi connectivity index (χ1n) is 12.8. The minimum Gasteiger partial charge on any atom is -0.302 e. The fraction of sp³-hybridized carbons (Fsp3) is 1.00. The Morgan fingerprint density at radius 3 is 0.607 bits per heavy atom. The molecule has 0 aromatic heterocycles. The van der Waals surface area contributed by atoms with Gasteiger partial charge in [0, 0.05) is 26.2 Å². The van der Waals surface area contributed by atoms with E-state index in [9.17, 15) is 0 Å². The molecule has 28 heavy (non-hydrogen) atoms. The lowest BCUT2D eigenvalue weighted by molar-refractivity contribution is 0.166. The molecule has 0 aromatic rings. The third-order valence-electron chi connectivity index (χ3n) is 7.26. The zero-order chi connectivity index (χ0) is 19.3. The molecule has 0 aliphatic carbocycles. The molecule has 0 aromatic carbocycles. The highest BCUT2D eigenvalue weighted by molar-refractivity contribution is 4.70. The van der Waals surface area contributed by atoms with E-state index in [0.717, 1.165) is 0 Å². The Morgan fingerprint density at radius 1 is 0.250 bits per heavy atom. The highest BCUT2D eigenvalue weighted by Crippen LogP contribution is 2.12. The van der Waals surface area contributed by atoms with Gasteiger partial charge in [-0.05, 0) is 104 Å². The van der Waals surface area contributed by atoms with E-state index >= 15 is 0 Å². The van der Waals surface area contributed by atoms with Crippen molar-refractivity contribution < 1.29 is 0 Å². The summed E-state index contributed by atoms with van der Waals surface area (Å²) in [6.45, 7) is 16.1. The molecule has 164 valence electrons. The van der Waals surface area contributed by atoms with Crippen molar-refractivity contribution in [2.45, 2.75) is 77.0 Å². The molecule has 4 nitrogen and oxygen atoms in total. The SMILES string of the molecule is C1CCN(CCN2CCCCC2)CC1.C1CCN(CCN2CCCCC2)CC1. The summed E-state index contributed by atoms with van der Waals surface area (Å²) in [6.07, 6.45) is 17.3. The van der Waals surface area contributed by atoms with Gasteiger partial charge < -0.3 is 19.6 Å². The molecule has 4 saturated heterocycles. The van der Waals surface area contributed by atoms with Gasteiger partial charge in [-0.1, -0.05) is 25.7 Å². The Balaban J connectivity index is 0.000000161. The van der Waals surface area contributed by atoms with Gasteiger partial charge in [-0.3, -0.25) is 0 Å². The smallest absolute Gasteiger partial charge is 0.0109 e. The summed E-state index contributed by atoms with van der Waals surface area (Å²) in [5, 5.41) is 0. The topological polar surface area (TPSA) is 13.0 Å². The van der Waals surface area contributed by atoms with Crippen LogP contribution in [0.15, 0.2) is 0 Å². The maximum absolute atomic E-state index is 2.65. The predicted octanol–water partition coefficient (Wildman–Crippen LogP) is 3.92. The fourth-order valence-corrected chi connectivity index (χ4v) is 5.30. The summed E-state index contributed by atoms with van der Waals surface area (Å²) in [6, 6.07) is 0. The van der Waals surface area contributed by atoms with Crippen LogP contribution in [0, 0.1) is 0 Å². The van der Waals surface area contributed by atoms with Crippen molar-refractivity contribution in [3.05, 3.63) is 0 Å². The van der Waals surface area contributed by atoms with Gasteiger partial charge in [-0.25, -0.2) is 0 Å². The van der Waals surface area contributed by atoms with Crippen LogP contribution in [0.1, 0.15) is 77.0 Å². The first-order chi connectivity index (χ1) is 13.9. The molecule has 4 aliphatic rings. The summed E-state index contributed by atoms with van der Waals surface area (Å²) in [7, 11) is 0. The standard InChI is InChI=1S/2C12H24N2/c2*1-3-7-13(8-4-1)11-12-14-9-5-2-6-10-14/h2*1-12H2. The van der Waals surface area contributed by atoms with Gasteiger partial charge in [-0.2, -0.15) is 0 Å². The average molecular weight is 393 g/mol. The van der Waals surface area contributed by atoms with Crippen LogP contribution in [-0.2, 0) is 0 Å². The molecule has 4 heteroatoms. The van der Waals surface area contributed by atoms with Crippen molar-refractivity contribution in [3.8, 4) is 0 Å². The quantitative estimate of drug-likeness (QED) is 0.679. The molecule has 0 N–H and O–H groups in total. The zero-order valence-corrected chi connectivity index (χ0v) is 18.8. The third-order valence-corrected chi connectivity index (χ3v) is 7.26. The third kappa shape index (κ3) is 9.11. The molecule has 4 fully saturated rings. The van der Waals surface area contributed by atoms with Crippen LogP contribution in [0.2, 0.25) is 0 Å². The maximum Gasteiger partial charge on any atom is 0.0109 e. The molecular formula is C24H48N4. The van der Waals surface area contributed by atoms with Crippen LogP contribution in [-0.4, -0.2) is 98.1 Å². The van der Waals surface area contributed by atoms with Gasteiger partial charge in [0.2, 0.25) is 0 Å². The van der Waals surface area contributed by atoms with Gasteiger partial charge in [0.05, 0.1) is 0 Å². The first-order valence-corrected chi connectivity index (χ1v) is 12.8. The fourth-order valence-electron chi connectivity index (χ4n) is 5.30. The lowest BCUT2D eigenvalue weighted by Crippen LogP contribution is -2.39. The van der Waals surface area contributed by atoms with Crippen molar-refractivity contribution >= 4 is 0 Å². The van der Waals surface area contributed by atoms with Crippen LogP contribution >= 0.6 is 0 Å². The van der Waals surface area contributed by atoms with Crippen molar-refractivity contribution in [2.24, 2.45) is 0 Å². The van der Waals surface area contributed by atoms with Gasteiger partial charge >= 0.3 is 0 Å². The van der Waals surface area contributed by atoms with Crippen molar-refractivity contribution in [2.75, 3.05) is 78.5 Å². The van der Waals surface area contributed by atoms with Crippen molar-refractivity contribution in [3.63, 3.8) is 0 Å². The van der Waals surface area contributed by atoms with Gasteiger partial charge in [0.1, 0.15) is 0 Å². The number of piperidine rings is 4. The molecule has 0 bridgehead atoms. The Kier molecular flexibility index (Phi) is 11.2. The van der Waals surface area contributed by atoms with Crippen LogP contribution in [0.25, 0.3) is 0 Å². The van der Waals surface area contributed by atoms with E-state index in [1.54, 1.807) is 0 Å². The van der Waals surface area contributed by atoms with Crippen LogP contribution < -0.4 is 0 Å². The number of hydrogen-bond donors (Lipinski definition) is 0. The van der Waals surface area contributed by atoms with Crippen LogP contribution in [0.4, 0.5) is 0 Å². The summed E-state index contributed by atoms with van der Waals surface area (Å²) in [4.78, 5) is 10.6. The second kappa shape index (κ2) is 14.0. The number of nitrogens with zero attached hydrogens (tertiary/aromatic N) is 4. The molecule has 4 aliphatic heterocycles. The van der Waals surface area contributed by atoms with Crippen molar-refractivity contribution in [1.29, 1.82) is 0 Å². The first kappa shape index (κ1) is 22.5. The zero-order valence-electron chi connectivity index (χ0n) is 18.8. The molecule has 0 saturated carbocycles. The van der Waals surface area contributed by atoms with Crippen LogP contribution in [0.5, 0.6) is 0 Å². The molecule has 0 amide bonds. The molecule has 0 unspecified atom stereocenters. The molecule has 0 spiro atoms. The molecular weight excluding hydrogens is 344 g/mol. The predicted molar refractivity (Wildman–Crippen MR) is 121 cm³/mol. The second-order valence-corrected chi connectivity index (χ2v) is 9.61. The van der Waals surface area contributed by atoms with E-state index in [0.29, 0.717) is 0 Å². The van der Waals surface area contributed by atoms with E-state index in [1.165, 1.54) is 156 Å². The molecule has 0 radical (unpaired) electrons. The molecule has 4 heterocycles. The van der Waals surface area contributed by atoms with Gasteiger partial charge in [0.25, 0.3) is 0 Å². The van der Waals surface area contributed by atoms with E-state index in [2.05, 4.69) is 19.6 Å². The summed E-state index contributed by atoms with van der Waals surface area (Å²) >= 11 is 0. The lowest BCUT2D eigenvalue weighted by Gasteiger charge is -2.31. The highest BCUT2D eigenvalue weighted by Gasteiger charge is 2.14. The number of rotatable bonds is 6. The lowest BCUT2D eigenvalue weighted by atomic mass is 10.1. The van der Waals surface area contributed by atoms with Crippen LogP contribution in [0.3, 0.4) is 0 Å². The summed E-state index contributed by atoms with van der Waals surface area (Å²) < 4.78 is 0. The van der Waals surface area contributed by atoms with E-state index in [1.807, 2.05) is 0 Å². The maximum atomic E-state index is 2.65. The Morgan fingerprint density at radius 2 is 0.429 bits per heavy atom.